The molecule has 0 fully saturated rings. The third-order valence-electron chi connectivity index (χ3n) is 4.14. The van der Waals surface area contributed by atoms with Crippen molar-refractivity contribution in [3.63, 3.8) is 0 Å². The second-order valence-corrected chi connectivity index (χ2v) is 7.43. The Balaban J connectivity index is 3.13. The number of nitrogens with one attached hydrogen (secondary N) is 1. The molecule has 0 aromatic heterocycles. The molecule has 20 heavy (non-hydrogen) atoms. The molecule has 0 spiro atoms. The van der Waals surface area contributed by atoms with Gasteiger partial charge in [-0.3, -0.25) is 4.79 Å². The van der Waals surface area contributed by atoms with Crippen LogP contribution in [0.15, 0.2) is 12.1 Å². The van der Waals surface area contributed by atoms with E-state index in [1.165, 1.54) is 5.56 Å². The fourth-order valence-corrected chi connectivity index (χ4v) is 2.04. The summed E-state index contributed by atoms with van der Waals surface area (Å²) in [7, 11) is 0. The van der Waals surface area contributed by atoms with Gasteiger partial charge in [-0.05, 0) is 42.4 Å². The first-order valence-electron chi connectivity index (χ1n) is 7.42. The number of hydrogen-bond acceptors (Lipinski definition) is 1. The zero-order valence-electron chi connectivity index (χ0n) is 14.3. The molecule has 2 heteroatoms. The van der Waals surface area contributed by atoms with Crippen LogP contribution in [0.2, 0.25) is 0 Å². The van der Waals surface area contributed by atoms with Crippen LogP contribution in [-0.2, 0) is 10.2 Å². The molecule has 1 rings (SSSR count). The van der Waals surface area contributed by atoms with Crippen LogP contribution in [0.25, 0.3) is 0 Å². The zero-order valence-corrected chi connectivity index (χ0v) is 14.3. The Morgan fingerprint density at radius 1 is 1.05 bits per heavy atom. The number of benzene rings is 1. The van der Waals surface area contributed by atoms with E-state index in [1.54, 1.807) is 0 Å². The number of aryl methyl sites for hydroxylation is 2. The Kier molecular flexibility index (Phi) is 4.68. The monoisotopic (exact) mass is 275 g/mol. The summed E-state index contributed by atoms with van der Waals surface area (Å²) in [4.78, 5) is 12.3. The summed E-state index contributed by atoms with van der Waals surface area (Å²) < 4.78 is 0. The highest BCUT2D eigenvalue weighted by atomic mass is 16.2. The smallest absolute Gasteiger partial charge is 0.230 e. The van der Waals surface area contributed by atoms with E-state index in [-0.39, 0.29) is 16.7 Å². The molecule has 112 valence electrons. The Morgan fingerprint density at radius 3 is 1.85 bits per heavy atom. The third kappa shape index (κ3) is 3.62. The number of carbonyl (C=O) groups excluding carboxylic acids is 1. The number of anilines is 1. The predicted octanol–water partition coefficient (Wildman–Crippen LogP) is 4.98. The third-order valence-corrected chi connectivity index (χ3v) is 4.14. The lowest BCUT2D eigenvalue weighted by atomic mass is 9.84. The second-order valence-electron chi connectivity index (χ2n) is 7.43. The Bertz CT molecular complexity index is 484. The largest absolute Gasteiger partial charge is 0.325 e. The molecule has 0 saturated heterocycles. The quantitative estimate of drug-likeness (QED) is 0.828. The molecule has 1 aromatic rings. The van der Waals surface area contributed by atoms with Crippen molar-refractivity contribution in [3.05, 3.63) is 28.8 Å². The first-order valence-corrected chi connectivity index (χ1v) is 7.42. The van der Waals surface area contributed by atoms with Crippen molar-refractivity contribution in [2.45, 2.75) is 67.2 Å². The number of carbonyl (C=O) groups is 1. The van der Waals surface area contributed by atoms with Crippen molar-refractivity contribution >= 4 is 11.6 Å². The summed E-state index contributed by atoms with van der Waals surface area (Å²) in [6, 6.07) is 4.36. The minimum Gasteiger partial charge on any atom is -0.325 e. The molecule has 0 radical (unpaired) electrons. The normalized spacial score (nSPS) is 12.4. The molecular weight excluding hydrogens is 246 g/mol. The maximum absolute atomic E-state index is 12.3. The van der Waals surface area contributed by atoms with Gasteiger partial charge in [-0.15, -0.1) is 0 Å². The molecule has 0 aliphatic carbocycles. The fraction of sp³-hybridized carbons (Fsp3) is 0.611. The molecule has 2 nitrogen and oxygen atoms in total. The SMILES string of the molecule is CCC(C)(C)C(=O)Nc1c(C)cc(C(C)(C)C)cc1C. The van der Waals surface area contributed by atoms with Gasteiger partial charge in [0.25, 0.3) is 0 Å². The van der Waals surface area contributed by atoms with Gasteiger partial charge in [0.05, 0.1) is 0 Å². The van der Waals surface area contributed by atoms with Crippen LogP contribution in [0.1, 0.15) is 64.7 Å². The average Bonchev–Trinajstić information content (AvgIpc) is 2.31. The lowest BCUT2D eigenvalue weighted by Gasteiger charge is -2.25. The molecule has 1 N–H and O–H groups in total. The molecule has 0 aliphatic rings. The highest BCUT2D eigenvalue weighted by Crippen LogP contribution is 2.31. The van der Waals surface area contributed by atoms with Crippen LogP contribution < -0.4 is 5.32 Å². The van der Waals surface area contributed by atoms with Crippen LogP contribution in [0.4, 0.5) is 5.69 Å². The van der Waals surface area contributed by atoms with E-state index in [0.717, 1.165) is 23.2 Å². The summed E-state index contributed by atoms with van der Waals surface area (Å²) in [6.45, 7) is 16.8. The van der Waals surface area contributed by atoms with E-state index < -0.39 is 0 Å². The highest BCUT2D eigenvalue weighted by molar-refractivity contribution is 5.96. The number of rotatable bonds is 3. The molecule has 0 saturated carbocycles. The van der Waals surface area contributed by atoms with Crippen LogP contribution in [0.5, 0.6) is 0 Å². The van der Waals surface area contributed by atoms with Gasteiger partial charge in [0.2, 0.25) is 5.91 Å². The van der Waals surface area contributed by atoms with Crippen molar-refractivity contribution in [3.8, 4) is 0 Å². The van der Waals surface area contributed by atoms with Crippen LogP contribution in [0, 0.1) is 19.3 Å². The average molecular weight is 275 g/mol. The van der Waals surface area contributed by atoms with E-state index >= 15 is 0 Å². The summed E-state index contributed by atoms with van der Waals surface area (Å²) in [5.41, 5.74) is 4.33. The van der Waals surface area contributed by atoms with Crippen molar-refractivity contribution in [1.29, 1.82) is 0 Å². The first-order chi connectivity index (χ1) is 8.99. The molecule has 1 amide bonds. The lowest BCUT2D eigenvalue weighted by Crippen LogP contribution is -2.30. The van der Waals surface area contributed by atoms with Crippen molar-refractivity contribution < 1.29 is 4.79 Å². The van der Waals surface area contributed by atoms with Gasteiger partial charge in [-0.25, -0.2) is 0 Å². The fourth-order valence-electron chi connectivity index (χ4n) is 2.04. The standard InChI is InChI=1S/C18H29NO/c1-9-18(7,8)16(20)19-15-12(2)10-14(11-13(15)3)17(4,5)6/h10-11H,9H2,1-8H3,(H,19,20). The first kappa shape index (κ1) is 16.7. The number of hydrogen-bond donors (Lipinski definition) is 1. The highest BCUT2D eigenvalue weighted by Gasteiger charge is 2.26. The van der Waals surface area contributed by atoms with Crippen molar-refractivity contribution in [1.82, 2.24) is 0 Å². The molecule has 0 unspecified atom stereocenters. The Morgan fingerprint density at radius 2 is 1.50 bits per heavy atom. The summed E-state index contributed by atoms with van der Waals surface area (Å²) in [5.74, 6) is 0.0923. The molecule has 0 aliphatic heterocycles. The lowest BCUT2D eigenvalue weighted by molar-refractivity contribution is -0.124. The van der Waals surface area contributed by atoms with Crippen LogP contribution in [0.3, 0.4) is 0 Å². The van der Waals surface area contributed by atoms with Crippen LogP contribution >= 0.6 is 0 Å². The van der Waals surface area contributed by atoms with E-state index in [9.17, 15) is 4.79 Å². The topological polar surface area (TPSA) is 29.1 Å². The van der Waals surface area contributed by atoms with Gasteiger partial charge in [-0.2, -0.15) is 0 Å². The van der Waals surface area contributed by atoms with Gasteiger partial charge in [0.15, 0.2) is 0 Å². The maximum atomic E-state index is 12.3. The van der Waals surface area contributed by atoms with Gasteiger partial charge in [0.1, 0.15) is 0 Å². The van der Waals surface area contributed by atoms with Gasteiger partial charge < -0.3 is 5.32 Å². The number of amides is 1. The molecule has 0 heterocycles. The molecule has 1 aromatic carbocycles. The van der Waals surface area contributed by atoms with Gasteiger partial charge in [-0.1, -0.05) is 53.7 Å². The molecular formula is C18H29NO. The Hall–Kier alpha value is -1.31. The van der Waals surface area contributed by atoms with Crippen molar-refractivity contribution in [2.24, 2.45) is 5.41 Å². The molecule has 0 bridgehead atoms. The zero-order chi connectivity index (χ0) is 15.7. The minimum absolute atomic E-state index is 0.0923. The van der Waals surface area contributed by atoms with Gasteiger partial charge >= 0.3 is 0 Å². The minimum atomic E-state index is -0.332. The van der Waals surface area contributed by atoms with Crippen LogP contribution in [-0.4, -0.2) is 5.91 Å². The van der Waals surface area contributed by atoms with E-state index in [4.69, 9.17) is 0 Å². The van der Waals surface area contributed by atoms with E-state index in [0.29, 0.717) is 0 Å². The summed E-state index contributed by atoms with van der Waals surface area (Å²) in [6.07, 6.45) is 0.830. The van der Waals surface area contributed by atoms with E-state index in [1.807, 2.05) is 20.8 Å². The van der Waals surface area contributed by atoms with Crippen molar-refractivity contribution in [2.75, 3.05) is 5.32 Å². The summed E-state index contributed by atoms with van der Waals surface area (Å²) >= 11 is 0. The summed E-state index contributed by atoms with van der Waals surface area (Å²) in [5, 5.41) is 3.11. The Labute approximate surface area is 124 Å². The second kappa shape index (κ2) is 5.59. The van der Waals surface area contributed by atoms with Gasteiger partial charge in [0, 0.05) is 11.1 Å². The maximum Gasteiger partial charge on any atom is 0.230 e. The molecule has 0 atom stereocenters. The van der Waals surface area contributed by atoms with E-state index in [2.05, 4.69) is 52.1 Å². The predicted molar refractivity (Wildman–Crippen MR) is 87.3 cm³/mol.